The lowest BCUT2D eigenvalue weighted by Crippen LogP contribution is -2.26. The molecule has 0 aliphatic carbocycles. The first-order chi connectivity index (χ1) is 9.51. The fraction of sp³-hybridized carbons (Fsp3) is 0.571. The number of nitrogens with one attached hydrogen (secondary N) is 1. The molecular weight excluding hydrogens is 269 g/mol. The minimum atomic E-state index is -4.64. The lowest BCUT2D eigenvalue weighted by molar-refractivity contribution is -0.275. The zero-order chi connectivity index (χ0) is 14.2. The van der Waals surface area contributed by atoms with Crippen LogP contribution in [0.4, 0.5) is 13.2 Å². The van der Waals surface area contributed by atoms with Gasteiger partial charge in [-0.05, 0) is 31.0 Å². The average molecular weight is 286 g/mol. The van der Waals surface area contributed by atoms with Crippen LogP contribution >= 0.6 is 0 Å². The van der Waals surface area contributed by atoms with Gasteiger partial charge in [0.15, 0.2) is 0 Å². The highest BCUT2D eigenvalue weighted by Gasteiger charge is 2.36. The minimum absolute atomic E-state index is 0.0878. The minimum Gasteiger partial charge on any atom is -0.405 e. The zero-order valence-electron chi connectivity index (χ0n) is 11.0. The van der Waals surface area contributed by atoms with E-state index in [4.69, 9.17) is 0 Å². The molecule has 1 aromatic carbocycles. The van der Waals surface area contributed by atoms with Crippen LogP contribution in [0.3, 0.4) is 0 Å². The fourth-order valence-corrected chi connectivity index (χ4v) is 3.18. The molecule has 2 aliphatic rings. The maximum absolute atomic E-state index is 12.4. The highest BCUT2D eigenvalue weighted by atomic mass is 19.4. The number of rotatable bonds is 3. The maximum atomic E-state index is 12.4. The van der Waals surface area contributed by atoms with Crippen molar-refractivity contribution >= 4 is 0 Å². The molecule has 6 heteroatoms. The van der Waals surface area contributed by atoms with E-state index < -0.39 is 6.36 Å². The Balaban J connectivity index is 1.68. The molecule has 1 aromatic rings. The number of ether oxygens (including phenoxy) is 1. The molecule has 0 spiro atoms. The average Bonchev–Trinajstić information content (AvgIpc) is 2.90. The molecule has 3 nitrogen and oxygen atoms in total. The number of hydrogen-bond donors (Lipinski definition) is 1. The summed E-state index contributed by atoms with van der Waals surface area (Å²) in [5.41, 5.74) is 0.595. The van der Waals surface area contributed by atoms with E-state index in [0.717, 1.165) is 26.2 Å². The maximum Gasteiger partial charge on any atom is 0.573 e. The molecule has 0 saturated carbocycles. The summed E-state index contributed by atoms with van der Waals surface area (Å²) in [4.78, 5) is 2.22. The third kappa shape index (κ3) is 3.07. The third-order valence-corrected chi connectivity index (χ3v) is 4.06. The van der Waals surface area contributed by atoms with Gasteiger partial charge in [-0.15, -0.1) is 13.2 Å². The van der Waals surface area contributed by atoms with Crippen molar-refractivity contribution < 1.29 is 17.9 Å². The van der Waals surface area contributed by atoms with Gasteiger partial charge in [0.1, 0.15) is 5.75 Å². The Hall–Kier alpha value is -1.27. The van der Waals surface area contributed by atoms with E-state index in [9.17, 15) is 13.2 Å². The summed E-state index contributed by atoms with van der Waals surface area (Å²) in [6, 6.07) is 6.39. The van der Waals surface area contributed by atoms with E-state index in [1.54, 1.807) is 18.2 Å². The van der Waals surface area contributed by atoms with Crippen molar-refractivity contribution in [2.75, 3.05) is 26.2 Å². The van der Waals surface area contributed by atoms with Crippen LogP contribution in [-0.2, 0) is 6.54 Å². The molecule has 2 heterocycles. The van der Waals surface area contributed by atoms with Gasteiger partial charge in [-0.3, -0.25) is 4.90 Å². The number of hydrogen-bond acceptors (Lipinski definition) is 3. The first-order valence-electron chi connectivity index (χ1n) is 6.78. The summed E-state index contributed by atoms with van der Waals surface area (Å²) < 4.78 is 41.2. The number of fused-ring (bicyclic) bond motifs is 1. The molecule has 0 radical (unpaired) electrons. The molecular formula is C14H17F3N2O. The number of benzene rings is 1. The summed E-state index contributed by atoms with van der Waals surface area (Å²) in [6.07, 6.45) is -4.64. The molecule has 3 rings (SSSR count). The van der Waals surface area contributed by atoms with Gasteiger partial charge in [0.25, 0.3) is 0 Å². The molecule has 2 fully saturated rings. The van der Waals surface area contributed by atoms with Gasteiger partial charge in [-0.25, -0.2) is 0 Å². The van der Waals surface area contributed by atoms with Crippen LogP contribution in [0.2, 0.25) is 0 Å². The molecule has 0 unspecified atom stereocenters. The van der Waals surface area contributed by atoms with E-state index >= 15 is 0 Å². The van der Waals surface area contributed by atoms with Gasteiger partial charge in [0.2, 0.25) is 0 Å². The summed E-state index contributed by atoms with van der Waals surface area (Å²) in [6.45, 7) is 4.43. The molecule has 2 aliphatic heterocycles. The SMILES string of the molecule is FC(F)(F)Oc1ccccc1CN1C[C@H]2CNC[C@H]2C1. The highest BCUT2D eigenvalue weighted by molar-refractivity contribution is 5.33. The number of para-hydroxylation sites is 1. The molecule has 2 atom stereocenters. The standard InChI is InChI=1S/C14H17F3N2O/c15-14(16,17)20-13-4-2-1-3-10(13)7-19-8-11-5-18-6-12(11)9-19/h1-4,11-12,18H,5-9H2/t11-,12+. The van der Waals surface area contributed by atoms with Crippen LogP contribution in [0, 0.1) is 11.8 Å². The summed E-state index contributed by atoms with van der Waals surface area (Å²) in [5.74, 6) is 1.17. The van der Waals surface area contributed by atoms with Gasteiger partial charge in [0.05, 0.1) is 0 Å². The molecule has 20 heavy (non-hydrogen) atoms. The van der Waals surface area contributed by atoms with E-state index in [1.807, 2.05) is 0 Å². The fourth-order valence-electron chi connectivity index (χ4n) is 3.18. The van der Waals surface area contributed by atoms with Crippen molar-refractivity contribution in [2.24, 2.45) is 11.8 Å². The van der Waals surface area contributed by atoms with Crippen molar-refractivity contribution in [1.29, 1.82) is 0 Å². The predicted octanol–water partition coefficient (Wildman–Crippen LogP) is 2.24. The van der Waals surface area contributed by atoms with Gasteiger partial charge in [-0.2, -0.15) is 0 Å². The smallest absolute Gasteiger partial charge is 0.405 e. The van der Waals surface area contributed by atoms with Crippen LogP contribution in [0.5, 0.6) is 5.75 Å². The van der Waals surface area contributed by atoms with Gasteiger partial charge >= 0.3 is 6.36 Å². The second-order valence-electron chi connectivity index (χ2n) is 5.53. The molecule has 0 bridgehead atoms. The Morgan fingerprint density at radius 1 is 1.15 bits per heavy atom. The van der Waals surface area contributed by atoms with E-state index in [1.165, 1.54) is 6.07 Å². The van der Waals surface area contributed by atoms with Gasteiger partial charge < -0.3 is 10.1 Å². The molecule has 0 aromatic heterocycles. The topological polar surface area (TPSA) is 24.5 Å². The lowest BCUT2D eigenvalue weighted by atomic mass is 10.0. The third-order valence-electron chi connectivity index (χ3n) is 4.06. The van der Waals surface area contributed by atoms with Crippen molar-refractivity contribution in [3.8, 4) is 5.75 Å². The first kappa shape index (κ1) is 13.7. The Kier molecular flexibility index (Phi) is 3.60. The molecule has 2 saturated heterocycles. The molecule has 1 N–H and O–H groups in total. The van der Waals surface area contributed by atoms with E-state index in [0.29, 0.717) is 23.9 Å². The normalized spacial score (nSPS) is 26.8. The Bertz CT molecular complexity index is 466. The molecule has 110 valence electrons. The zero-order valence-corrected chi connectivity index (χ0v) is 11.0. The van der Waals surface area contributed by atoms with Crippen molar-refractivity contribution in [3.05, 3.63) is 29.8 Å². The highest BCUT2D eigenvalue weighted by Crippen LogP contribution is 2.31. The number of likely N-dealkylation sites (tertiary alicyclic amines) is 1. The van der Waals surface area contributed by atoms with Crippen LogP contribution in [0.1, 0.15) is 5.56 Å². The van der Waals surface area contributed by atoms with E-state index in [2.05, 4.69) is 15.0 Å². The number of nitrogens with zero attached hydrogens (tertiary/aromatic N) is 1. The van der Waals surface area contributed by atoms with Crippen LogP contribution in [0.15, 0.2) is 24.3 Å². The second-order valence-corrected chi connectivity index (χ2v) is 5.53. The number of alkyl halides is 3. The second kappa shape index (κ2) is 5.26. The Morgan fingerprint density at radius 3 is 2.45 bits per heavy atom. The van der Waals surface area contributed by atoms with Crippen molar-refractivity contribution in [1.82, 2.24) is 10.2 Å². The lowest BCUT2D eigenvalue weighted by Gasteiger charge is -2.19. The monoisotopic (exact) mass is 286 g/mol. The van der Waals surface area contributed by atoms with Crippen molar-refractivity contribution in [2.45, 2.75) is 12.9 Å². The van der Waals surface area contributed by atoms with Gasteiger partial charge in [-0.1, -0.05) is 18.2 Å². The van der Waals surface area contributed by atoms with Crippen LogP contribution in [-0.4, -0.2) is 37.4 Å². The van der Waals surface area contributed by atoms with Crippen molar-refractivity contribution in [3.63, 3.8) is 0 Å². The Labute approximate surface area is 115 Å². The quantitative estimate of drug-likeness (QED) is 0.922. The first-order valence-corrected chi connectivity index (χ1v) is 6.78. The Morgan fingerprint density at radius 2 is 1.80 bits per heavy atom. The van der Waals surface area contributed by atoms with E-state index in [-0.39, 0.29) is 5.75 Å². The molecule has 0 amide bonds. The number of halogens is 3. The van der Waals surface area contributed by atoms with Crippen LogP contribution < -0.4 is 10.1 Å². The summed E-state index contributed by atoms with van der Waals surface area (Å²) >= 11 is 0. The summed E-state index contributed by atoms with van der Waals surface area (Å²) in [5, 5.41) is 3.35. The van der Waals surface area contributed by atoms with Crippen LogP contribution in [0.25, 0.3) is 0 Å². The largest absolute Gasteiger partial charge is 0.573 e. The predicted molar refractivity (Wildman–Crippen MR) is 68.3 cm³/mol. The van der Waals surface area contributed by atoms with Gasteiger partial charge in [0, 0.05) is 25.2 Å². The summed E-state index contributed by atoms with van der Waals surface area (Å²) in [7, 11) is 0.